The molecule has 0 aliphatic rings. The van der Waals surface area contributed by atoms with E-state index in [2.05, 4.69) is 51.1 Å². The van der Waals surface area contributed by atoms with E-state index in [9.17, 15) is 0 Å². The van der Waals surface area contributed by atoms with Crippen LogP contribution in [0.3, 0.4) is 0 Å². The molecule has 0 fully saturated rings. The normalized spacial score (nSPS) is 10.7. The van der Waals surface area contributed by atoms with Crippen molar-refractivity contribution in [2.24, 2.45) is 0 Å². The predicted molar refractivity (Wildman–Crippen MR) is 77.3 cm³/mol. The molecule has 0 aromatic heterocycles. The number of rotatable bonds is 3. The Morgan fingerprint density at radius 2 is 1.78 bits per heavy atom. The smallest absolute Gasteiger partial charge is 0.119 e. The number of hydrogen-bond donors (Lipinski definition) is 0. The lowest BCUT2D eigenvalue weighted by atomic mass is 9.94. The Morgan fingerprint density at radius 1 is 1.00 bits per heavy atom. The first-order valence-electron chi connectivity index (χ1n) is 6.37. The lowest BCUT2D eigenvalue weighted by Crippen LogP contribution is -1.91. The molecule has 1 heteroatoms. The van der Waals surface area contributed by atoms with Crippen molar-refractivity contribution in [3.05, 3.63) is 53.6 Å². The molecule has 0 atom stereocenters. The molecule has 0 aliphatic heterocycles. The molecule has 0 N–H and O–H groups in total. The summed E-state index contributed by atoms with van der Waals surface area (Å²) in [4.78, 5) is 0. The van der Waals surface area contributed by atoms with Crippen molar-refractivity contribution < 1.29 is 4.74 Å². The Balaban J connectivity index is 2.44. The highest BCUT2D eigenvalue weighted by Crippen LogP contribution is 2.28. The average Bonchev–Trinajstić information content (AvgIpc) is 2.38. The first-order chi connectivity index (χ1) is 8.61. The zero-order valence-electron chi connectivity index (χ0n) is 11.5. The topological polar surface area (TPSA) is 9.23 Å². The number of hydrogen-bond acceptors (Lipinski definition) is 1. The number of benzene rings is 2. The van der Waals surface area contributed by atoms with Crippen LogP contribution in [0.15, 0.2) is 42.5 Å². The minimum Gasteiger partial charge on any atom is -0.497 e. The standard InChI is InChI=1S/C17H20O/c1-12(2)14-8-9-17(13(3)10-14)15-6-5-7-16(11-15)18-4/h5-12H,1-4H3. The van der Waals surface area contributed by atoms with E-state index in [1.807, 2.05) is 12.1 Å². The fourth-order valence-corrected chi connectivity index (χ4v) is 2.16. The van der Waals surface area contributed by atoms with Crippen LogP contribution in [-0.4, -0.2) is 7.11 Å². The summed E-state index contributed by atoms with van der Waals surface area (Å²) in [6.45, 7) is 6.61. The molecule has 2 aromatic rings. The third-order valence-electron chi connectivity index (χ3n) is 3.30. The Kier molecular flexibility index (Phi) is 3.71. The molecular weight excluding hydrogens is 220 g/mol. The van der Waals surface area contributed by atoms with Gasteiger partial charge < -0.3 is 4.74 Å². The van der Waals surface area contributed by atoms with Crippen molar-refractivity contribution >= 4 is 0 Å². The van der Waals surface area contributed by atoms with E-state index >= 15 is 0 Å². The molecule has 94 valence electrons. The molecule has 1 nitrogen and oxygen atoms in total. The Hall–Kier alpha value is -1.76. The number of methoxy groups -OCH3 is 1. The van der Waals surface area contributed by atoms with Gasteiger partial charge in [0.05, 0.1) is 7.11 Å². The van der Waals surface area contributed by atoms with E-state index in [4.69, 9.17) is 4.74 Å². The summed E-state index contributed by atoms with van der Waals surface area (Å²) in [6.07, 6.45) is 0. The van der Waals surface area contributed by atoms with Crippen LogP contribution >= 0.6 is 0 Å². The second-order valence-electron chi connectivity index (χ2n) is 4.96. The van der Waals surface area contributed by atoms with Gasteiger partial charge in [-0.15, -0.1) is 0 Å². The molecule has 0 spiro atoms. The van der Waals surface area contributed by atoms with Gasteiger partial charge in [-0.2, -0.15) is 0 Å². The highest BCUT2D eigenvalue weighted by molar-refractivity contribution is 5.69. The minimum atomic E-state index is 0.572. The fourth-order valence-electron chi connectivity index (χ4n) is 2.16. The van der Waals surface area contributed by atoms with Gasteiger partial charge in [0.25, 0.3) is 0 Å². The minimum absolute atomic E-state index is 0.572. The molecule has 0 saturated heterocycles. The van der Waals surface area contributed by atoms with Crippen molar-refractivity contribution in [1.29, 1.82) is 0 Å². The van der Waals surface area contributed by atoms with Crippen molar-refractivity contribution in [2.75, 3.05) is 7.11 Å². The van der Waals surface area contributed by atoms with Crippen LogP contribution < -0.4 is 4.74 Å². The third-order valence-corrected chi connectivity index (χ3v) is 3.30. The summed E-state index contributed by atoms with van der Waals surface area (Å²) < 4.78 is 5.28. The van der Waals surface area contributed by atoms with Crippen LogP contribution in [0.5, 0.6) is 5.75 Å². The van der Waals surface area contributed by atoms with Gasteiger partial charge in [-0.1, -0.05) is 44.2 Å². The zero-order chi connectivity index (χ0) is 13.1. The summed E-state index contributed by atoms with van der Waals surface area (Å²) in [5.74, 6) is 1.47. The Morgan fingerprint density at radius 3 is 2.39 bits per heavy atom. The van der Waals surface area contributed by atoms with E-state index in [-0.39, 0.29) is 0 Å². The van der Waals surface area contributed by atoms with Gasteiger partial charge in [0, 0.05) is 0 Å². The molecule has 18 heavy (non-hydrogen) atoms. The van der Waals surface area contributed by atoms with Crippen LogP contribution in [0.4, 0.5) is 0 Å². The van der Waals surface area contributed by atoms with Crippen molar-refractivity contribution in [3.8, 4) is 16.9 Å². The summed E-state index contributed by atoms with van der Waals surface area (Å²) in [6, 6.07) is 14.9. The molecule has 0 unspecified atom stereocenters. The lowest BCUT2D eigenvalue weighted by molar-refractivity contribution is 0.415. The predicted octanol–water partition coefficient (Wildman–Crippen LogP) is 4.79. The van der Waals surface area contributed by atoms with E-state index in [0.717, 1.165) is 5.75 Å². The fraction of sp³-hybridized carbons (Fsp3) is 0.294. The van der Waals surface area contributed by atoms with Crippen LogP contribution in [0.1, 0.15) is 30.9 Å². The summed E-state index contributed by atoms with van der Waals surface area (Å²) in [5.41, 5.74) is 5.19. The van der Waals surface area contributed by atoms with E-state index in [1.165, 1.54) is 22.3 Å². The van der Waals surface area contributed by atoms with E-state index in [0.29, 0.717) is 5.92 Å². The average molecular weight is 240 g/mol. The number of aryl methyl sites for hydroxylation is 1. The second-order valence-corrected chi connectivity index (χ2v) is 4.96. The summed E-state index contributed by atoms with van der Waals surface area (Å²) in [5, 5.41) is 0. The molecule has 0 bridgehead atoms. The molecule has 2 rings (SSSR count). The molecule has 0 saturated carbocycles. The summed E-state index contributed by atoms with van der Waals surface area (Å²) in [7, 11) is 1.70. The maximum absolute atomic E-state index is 5.28. The van der Waals surface area contributed by atoms with E-state index < -0.39 is 0 Å². The van der Waals surface area contributed by atoms with Gasteiger partial charge >= 0.3 is 0 Å². The molecule has 0 amide bonds. The number of ether oxygens (including phenoxy) is 1. The van der Waals surface area contributed by atoms with Crippen LogP contribution in [0, 0.1) is 6.92 Å². The Labute approximate surface area is 109 Å². The highest BCUT2D eigenvalue weighted by atomic mass is 16.5. The van der Waals surface area contributed by atoms with Crippen molar-refractivity contribution in [3.63, 3.8) is 0 Å². The van der Waals surface area contributed by atoms with Gasteiger partial charge in [-0.3, -0.25) is 0 Å². The Bertz CT molecular complexity index is 541. The van der Waals surface area contributed by atoms with Crippen LogP contribution in [0.2, 0.25) is 0 Å². The van der Waals surface area contributed by atoms with Gasteiger partial charge in [0.1, 0.15) is 5.75 Å². The monoisotopic (exact) mass is 240 g/mol. The summed E-state index contributed by atoms with van der Waals surface area (Å²) >= 11 is 0. The maximum atomic E-state index is 5.28. The van der Waals surface area contributed by atoms with Gasteiger partial charge in [-0.25, -0.2) is 0 Å². The molecular formula is C17H20O. The highest BCUT2D eigenvalue weighted by Gasteiger charge is 2.06. The molecule has 2 aromatic carbocycles. The van der Waals surface area contributed by atoms with Gasteiger partial charge in [0.15, 0.2) is 0 Å². The zero-order valence-corrected chi connectivity index (χ0v) is 11.5. The third kappa shape index (κ3) is 2.56. The first kappa shape index (κ1) is 12.7. The SMILES string of the molecule is COc1cccc(-c2ccc(C(C)C)cc2C)c1. The molecule has 0 aliphatic carbocycles. The van der Waals surface area contributed by atoms with Gasteiger partial charge in [0.2, 0.25) is 0 Å². The van der Waals surface area contributed by atoms with Crippen LogP contribution in [-0.2, 0) is 0 Å². The van der Waals surface area contributed by atoms with E-state index in [1.54, 1.807) is 7.11 Å². The largest absolute Gasteiger partial charge is 0.497 e. The maximum Gasteiger partial charge on any atom is 0.119 e. The van der Waals surface area contributed by atoms with Crippen LogP contribution in [0.25, 0.3) is 11.1 Å². The van der Waals surface area contributed by atoms with Crippen molar-refractivity contribution in [2.45, 2.75) is 26.7 Å². The quantitative estimate of drug-likeness (QED) is 0.749. The van der Waals surface area contributed by atoms with Crippen molar-refractivity contribution in [1.82, 2.24) is 0 Å². The second kappa shape index (κ2) is 5.26. The lowest BCUT2D eigenvalue weighted by Gasteiger charge is -2.12. The molecule has 0 radical (unpaired) electrons. The van der Waals surface area contributed by atoms with Gasteiger partial charge in [-0.05, 0) is 47.2 Å². The molecule has 0 heterocycles. The first-order valence-corrected chi connectivity index (χ1v) is 6.37.